The number of hydrazone groups is 1. The van der Waals surface area contributed by atoms with Crippen LogP contribution in [0, 0.1) is 0 Å². The van der Waals surface area contributed by atoms with Gasteiger partial charge in [-0.15, -0.1) is 0 Å². The molecule has 2 aliphatic rings. The number of carbonyl (C=O) groups is 3. The van der Waals surface area contributed by atoms with E-state index in [-0.39, 0.29) is 18.2 Å². The number of fused-ring (bicyclic) bond motifs is 1. The molecule has 0 bridgehead atoms. The minimum atomic E-state index is -0.754. The van der Waals surface area contributed by atoms with Crippen LogP contribution in [0.1, 0.15) is 33.9 Å². The molecule has 9 heteroatoms. The SMILES string of the molecule is COc1ccc(C2=NN(C(=O)CN3C(=O)C(=O)c4cc(Cl)ccc43)C(c3ccc(N(C)C)cc3)C2)cc1. The monoisotopic (exact) mass is 516 g/mol. The lowest BCUT2D eigenvalue weighted by molar-refractivity contribution is -0.132. The van der Waals surface area contributed by atoms with Crippen molar-refractivity contribution >= 4 is 46.3 Å². The third-order valence-electron chi connectivity index (χ3n) is 6.61. The minimum Gasteiger partial charge on any atom is -0.497 e. The van der Waals surface area contributed by atoms with Crippen LogP contribution >= 0.6 is 11.6 Å². The summed E-state index contributed by atoms with van der Waals surface area (Å²) < 4.78 is 5.26. The summed E-state index contributed by atoms with van der Waals surface area (Å²) in [6.07, 6.45) is 0.498. The molecule has 0 aliphatic carbocycles. The van der Waals surface area contributed by atoms with E-state index >= 15 is 0 Å². The minimum absolute atomic E-state index is 0.199. The summed E-state index contributed by atoms with van der Waals surface area (Å²) in [5.74, 6) is -1.10. The van der Waals surface area contributed by atoms with Gasteiger partial charge in [0, 0.05) is 31.2 Å². The Kier molecular flexibility index (Phi) is 6.43. The van der Waals surface area contributed by atoms with Crippen molar-refractivity contribution in [2.45, 2.75) is 12.5 Å². The van der Waals surface area contributed by atoms with Gasteiger partial charge in [-0.25, -0.2) is 5.01 Å². The molecule has 0 N–H and O–H groups in total. The highest BCUT2D eigenvalue weighted by atomic mass is 35.5. The maximum Gasteiger partial charge on any atom is 0.299 e. The van der Waals surface area contributed by atoms with Gasteiger partial charge in [-0.3, -0.25) is 19.3 Å². The lowest BCUT2D eigenvalue weighted by atomic mass is 9.98. The molecule has 0 spiro atoms. The van der Waals surface area contributed by atoms with Crippen molar-refractivity contribution in [3.63, 3.8) is 0 Å². The number of benzene rings is 3. The number of nitrogens with zero attached hydrogens (tertiary/aromatic N) is 4. The summed E-state index contributed by atoms with van der Waals surface area (Å²) in [5.41, 5.74) is 4.14. The topological polar surface area (TPSA) is 82.5 Å². The van der Waals surface area contributed by atoms with E-state index in [1.54, 1.807) is 19.2 Å². The van der Waals surface area contributed by atoms with Crippen molar-refractivity contribution < 1.29 is 19.1 Å². The number of ketones is 1. The average molecular weight is 517 g/mol. The number of Topliss-reactive ketones (excluding diaryl/α,β-unsaturated/α-hetero) is 1. The lowest BCUT2D eigenvalue weighted by Gasteiger charge is -2.25. The fraction of sp³-hybridized carbons (Fsp3) is 0.214. The van der Waals surface area contributed by atoms with Gasteiger partial charge in [-0.2, -0.15) is 5.10 Å². The van der Waals surface area contributed by atoms with Crippen molar-refractivity contribution in [1.29, 1.82) is 0 Å². The van der Waals surface area contributed by atoms with Crippen LogP contribution in [0.3, 0.4) is 0 Å². The molecule has 2 aliphatic heterocycles. The molecule has 0 fully saturated rings. The van der Waals surface area contributed by atoms with Crippen molar-refractivity contribution in [2.24, 2.45) is 5.10 Å². The third-order valence-corrected chi connectivity index (χ3v) is 6.85. The Morgan fingerprint density at radius 1 is 1.05 bits per heavy atom. The molecule has 3 aromatic carbocycles. The second-order valence-electron chi connectivity index (χ2n) is 9.10. The Morgan fingerprint density at radius 3 is 2.41 bits per heavy atom. The summed E-state index contributed by atoms with van der Waals surface area (Å²) in [7, 11) is 5.53. The number of amides is 2. The molecular formula is C28H25ClN4O4. The molecule has 2 heterocycles. The van der Waals surface area contributed by atoms with E-state index in [1.165, 1.54) is 16.0 Å². The number of halogens is 1. The van der Waals surface area contributed by atoms with Crippen molar-refractivity contribution in [3.05, 3.63) is 88.4 Å². The maximum absolute atomic E-state index is 13.6. The molecule has 188 valence electrons. The van der Waals surface area contributed by atoms with Crippen molar-refractivity contribution in [2.75, 3.05) is 37.5 Å². The molecule has 37 heavy (non-hydrogen) atoms. The molecule has 0 radical (unpaired) electrons. The summed E-state index contributed by atoms with van der Waals surface area (Å²) in [4.78, 5) is 42.1. The zero-order chi connectivity index (χ0) is 26.3. The van der Waals surface area contributed by atoms with Gasteiger partial charge in [0.15, 0.2) is 0 Å². The fourth-order valence-corrected chi connectivity index (χ4v) is 4.76. The van der Waals surface area contributed by atoms with Gasteiger partial charge in [0.05, 0.1) is 30.1 Å². The molecule has 5 rings (SSSR count). The predicted molar refractivity (Wildman–Crippen MR) is 143 cm³/mol. The first-order valence-corrected chi connectivity index (χ1v) is 12.1. The van der Waals surface area contributed by atoms with E-state index in [9.17, 15) is 14.4 Å². The summed E-state index contributed by atoms with van der Waals surface area (Å²) in [5, 5.41) is 6.47. The van der Waals surface area contributed by atoms with Crippen LogP contribution in [0.15, 0.2) is 71.8 Å². The fourth-order valence-electron chi connectivity index (χ4n) is 4.59. The van der Waals surface area contributed by atoms with E-state index < -0.39 is 17.6 Å². The van der Waals surface area contributed by atoms with Gasteiger partial charge in [0.1, 0.15) is 12.3 Å². The van der Waals surface area contributed by atoms with Crippen molar-refractivity contribution in [1.82, 2.24) is 5.01 Å². The van der Waals surface area contributed by atoms with Crippen LogP contribution in [-0.2, 0) is 9.59 Å². The first-order valence-electron chi connectivity index (χ1n) is 11.7. The van der Waals surface area contributed by atoms with Gasteiger partial charge in [-0.05, 0) is 65.7 Å². The van der Waals surface area contributed by atoms with Crippen molar-refractivity contribution in [3.8, 4) is 5.75 Å². The molecule has 0 aromatic heterocycles. The van der Waals surface area contributed by atoms with Gasteiger partial charge >= 0.3 is 0 Å². The molecule has 2 amide bonds. The van der Waals surface area contributed by atoms with E-state index in [0.29, 0.717) is 17.1 Å². The Labute approximate surface area is 219 Å². The molecule has 0 saturated carbocycles. The van der Waals surface area contributed by atoms with Gasteiger partial charge in [0.2, 0.25) is 0 Å². The first kappa shape index (κ1) is 24.5. The predicted octanol–water partition coefficient (Wildman–Crippen LogP) is 4.32. The zero-order valence-electron chi connectivity index (χ0n) is 20.6. The molecule has 3 aromatic rings. The van der Waals surface area contributed by atoms with Crippen LogP contribution in [0.4, 0.5) is 11.4 Å². The Balaban J connectivity index is 1.47. The Morgan fingerprint density at radius 2 is 1.76 bits per heavy atom. The van der Waals surface area contributed by atoms with Crippen LogP contribution < -0.4 is 14.5 Å². The molecule has 0 saturated heterocycles. The Hall–Kier alpha value is -4.17. The second kappa shape index (κ2) is 9.71. The van der Waals surface area contributed by atoms with Gasteiger partial charge in [-0.1, -0.05) is 23.7 Å². The second-order valence-corrected chi connectivity index (χ2v) is 9.54. The number of anilines is 2. The summed E-state index contributed by atoms with van der Waals surface area (Å²) in [6.45, 7) is -0.315. The average Bonchev–Trinajstić information content (AvgIpc) is 3.45. The lowest BCUT2D eigenvalue weighted by Crippen LogP contribution is -2.40. The van der Waals surface area contributed by atoms with Gasteiger partial charge < -0.3 is 9.64 Å². The standard InChI is InChI=1S/C28H25ClN4O4/c1-31(2)20-9-4-18(5-10-20)25-15-23(17-6-11-21(37-3)12-7-17)30-33(25)26(34)16-32-24-13-8-19(29)14-22(24)27(35)28(32)36/h4-14,25H,15-16H2,1-3H3. The number of carbonyl (C=O) groups excluding carboxylic acids is 3. The largest absolute Gasteiger partial charge is 0.497 e. The quantitative estimate of drug-likeness (QED) is 0.456. The molecular weight excluding hydrogens is 492 g/mol. The van der Waals surface area contributed by atoms with E-state index in [4.69, 9.17) is 21.4 Å². The first-order chi connectivity index (χ1) is 17.8. The van der Waals surface area contributed by atoms with E-state index in [1.807, 2.05) is 67.5 Å². The number of hydrogen-bond acceptors (Lipinski definition) is 6. The third kappa shape index (κ3) is 4.56. The van der Waals surface area contributed by atoms with Gasteiger partial charge in [0.25, 0.3) is 17.6 Å². The number of hydrogen-bond donors (Lipinski definition) is 0. The highest BCUT2D eigenvalue weighted by Crippen LogP contribution is 2.36. The molecule has 1 atom stereocenters. The molecule has 8 nitrogen and oxygen atoms in total. The normalized spacial score (nSPS) is 16.6. The highest BCUT2D eigenvalue weighted by Gasteiger charge is 2.40. The van der Waals surface area contributed by atoms with Crippen LogP contribution in [0.5, 0.6) is 5.75 Å². The maximum atomic E-state index is 13.6. The Bertz CT molecular complexity index is 1420. The number of methoxy groups -OCH3 is 1. The van der Waals surface area contributed by atoms with Crippen LogP contribution in [0.25, 0.3) is 0 Å². The van der Waals surface area contributed by atoms with E-state index in [2.05, 4.69) is 0 Å². The smallest absolute Gasteiger partial charge is 0.299 e. The highest BCUT2D eigenvalue weighted by molar-refractivity contribution is 6.53. The molecule has 1 unspecified atom stereocenters. The summed E-state index contributed by atoms with van der Waals surface area (Å²) >= 11 is 6.02. The number of rotatable bonds is 6. The van der Waals surface area contributed by atoms with Crippen LogP contribution in [-0.4, -0.2) is 56.1 Å². The number of ether oxygens (including phenoxy) is 1. The van der Waals surface area contributed by atoms with E-state index in [0.717, 1.165) is 28.3 Å². The van der Waals surface area contributed by atoms with Crippen LogP contribution in [0.2, 0.25) is 5.02 Å². The summed E-state index contributed by atoms with van der Waals surface area (Å²) in [6, 6.07) is 19.7. The zero-order valence-corrected chi connectivity index (χ0v) is 21.4.